The Morgan fingerprint density at radius 2 is 1.90 bits per heavy atom. The zero-order valence-electron chi connectivity index (χ0n) is 18.7. The van der Waals surface area contributed by atoms with Gasteiger partial charge < -0.3 is 15.7 Å². The molecule has 30 heavy (non-hydrogen) atoms. The molecule has 3 N–H and O–H groups in total. The Hall–Kier alpha value is -0.910. The second kappa shape index (κ2) is 11.6. The molecular formula is C21H37IN4O3S. The minimum Gasteiger partial charge on any atom is -0.386 e. The van der Waals surface area contributed by atoms with Gasteiger partial charge in [0.05, 0.1) is 18.9 Å². The predicted octanol–water partition coefficient (Wildman–Crippen LogP) is 2.61. The van der Waals surface area contributed by atoms with Gasteiger partial charge in [-0.25, -0.2) is 8.42 Å². The van der Waals surface area contributed by atoms with Crippen molar-refractivity contribution in [3.05, 3.63) is 35.4 Å². The van der Waals surface area contributed by atoms with E-state index in [-0.39, 0.29) is 42.0 Å². The predicted molar refractivity (Wildman–Crippen MR) is 134 cm³/mol. The molecule has 1 heterocycles. The molecule has 7 nitrogen and oxygen atoms in total. The van der Waals surface area contributed by atoms with Crippen molar-refractivity contribution in [2.45, 2.75) is 58.1 Å². The van der Waals surface area contributed by atoms with Crippen molar-refractivity contribution in [3.8, 4) is 0 Å². The maximum Gasteiger partial charge on any atom is 0.211 e. The molecule has 1 aromatic carbocycles. The van der Waals surface area contributed by atoms with Crippen LogP contribution in [0.4, 0.5) is 0 Å². The average Bonchev–Trinajstić information content (AvgIpc) is 3.12. The van der Waals surface area contributed by atoms with Crippen LogP contribution >= 0.6 is 24.0 Å². The Labute approximate surface area is 198 Å². The summed E-state index contributed by atoms with van der Waals surface area (Å²) in [6.45, 7) is 10.4. The SMILES string of the molecule is CCNC(=NCC(O)c1ccc(C(C)(C)C)cc1)NC[C@H]1CCCN1S(C)(=O)=O.I. The third kappa shape index (κ3) is 7.97. The lowest BCUT2D eigenvalue weighted by Crippen LogP contribution is -2.46. The maximum atomic E-state index is 11.9. The Morgan fingerprint density at radius 1 is 1.27 bits per heavy atom. The molecule has 0 aromatic heterocycles. The van der Waals surface area contributed by atoms with Gasteiger partial charge in [-0.1, -0.05) is 45.0 Å². The number of rotatable bonds is 7. The molecule has 172 valence electrons. The summed E-state index contributed by atoms with van der Waals surface area (Å²) in [5.74, 6) is 0.582. The molecule has 0 bridgehead atoms. The van der Waals surface area contributed by atoms with Crippen molar-refractivity contribution in [2.75, 3.05) is 32.4 Å². The summed E-state index contributed by atoms with van der Waals surface area (Å²) in [5, 5.41) is 16.9. The number of hydrogen-bond donors (Lipinski definition) is 3. The molecule has 9 heteroatoms. The monoisotopic (exact) mass is 552 g/mol. The van der Waals surface area contributed by atoms with Crippen LogP contribution in [0.2, 0.25) is 0 Å². The van der Waals surface area contributed by atoms with Gasteiger partial charge in [0, 0.05) is 25.7 Å². The quantitative estimate of drug-likeness (QED) is 0.275. The van der Waals surface area contributed by atoms with Crippen LogP contribution in [0, 0.1) is 0 Å². The van der Waals surface area contributed by atoms with Gasteiger partial charge in [0.1, 0.15) is 0 Å². The maximum absolute atomic E-state index is 11.9. The Kier molecular flexibility index (Phi) is 10.5. The third-order valence-electron chi connectivity index (χ3n) is 5.18. The fraction of sp³-hybridized carbons (Fsp3) is 0.667. The lowest BCUT2D eigenvalue weighted by molar-refractivity contribution is 0.187. The number of halogens is 1. The van der Waals surface area contributed by atoms with Crippen molar-refractivity contribution < 1.29 is 13.5 Å². The van der Waals surface area contributed by atoms with Gasteiger partial charge in [-0.15, -0.1) is 24.0 Å². The van der Waals surface area contributed by atoms with E-state index in [1.165, 1.54) is 11.8 Å². The number of nitrogens with zero attached hydrogens (tertiary/aromatic N) is 2. The van der Waals surface area contributed by atoms with Crippen LogP contribution in [-0.2, 0) is 15.4 Å². The highest BCUT2D eigenvalue weighted by atomic mass is 127. The van der Waals surface area contributed by atoms with E-state index in [9.17, 15) is 13.5 Å². The van der Waals surface area contributed by atoms with Gasteiger partial charge in [0.15, 0.2) is 5.96 Å². The number of aliphatic hydroxyl groups is 1. The van der Waals surface area contributed by atoms with E-state index in [2.05, 4.69) is 36.4 Å². The Bertz CT molecular complexity index is 791. The number of hydrogen-bond acceptors (Lipinski definition) is 4. The van der Waals surface area contributed by atoms with E-state index < -0.39 is 16.1 Å². The summed E-state index contributed by atoms with van der Waals surface area (Å²) in [5.41, 5.74) is 2.12. The first-order valence-electron chi connectivity index (χ1n) is 10.3. The molecule has 0 radical (unpaired) electrons. The van der Waals surface area contributed by atoms with E-state index in [0.29, 0.717) is 25.6 Å². The minimum absolute atomic E-state index is 0. The van der Waals surface area contributed by atoms with E-state index in [0.717, 1.165) is 18.4 Å². The van der Waals surface area contributed by atoms with E-state index in [4.69, 9.17) is 0 Å². The lowest BCUT2D eigenvalue weighted by atomic mass is 9.86. The molecular weight excluding hydrogens is 515 g/mol. The van der Waals surface area contributed by atoms with Gasteiger partial charge >= 0.3 is 0 Å². The molecule has 1 aliphatic rings. The first-order chi connectivity index (χ1) is 13.5. The van der Waals surface area contributed by atoms with Crippen LogP contribution in [0.3, 0.4) is 0 Å². The van der Waals surface area contributed by atoms with Crippen molar-refractivity contribution >= 4 is 40.0 Å². The summed E-state index contributed by atoms with van der Waals surface area (Å²) in [6.07, 6.45) is 2.27. The van der Waals surface area contributed by atoms with Crippen LogP contribution in [0.15, 0.2) is 29.3 Å². The standard InChI is InChI=1S/C21H36N4O3S.HI/c1-6-22-20(23-14-18-8-7-13-25(18)29(5,27)28)24-15-19(26)16-9-11-17(12-10-16)21(2,3)4;/h9-12,18-19,26H,6-8,13-15H2,1-5H3,(H2,22,23,24);1H/t18-,19?;/m1./s1. The highest BCUT2D eigenvalue weighted by Gasteiger charge is 2.31. The Balaban J connectivity index is 0.00000450. The highest BCUT2D eigenvalue weighted by molar-refractivity contribution is 14.0. The summed E-state index contributed by atoms with van der Waals surface area (Å²) >= 11 is 0. The molecule has 1 aromatic rings. The second-order valence-electron chi connectivity index (χ2n) is 8.66. The molecule has 2 rings (SSSR count). The fourth-order valence-corrected chi connectivity index (χ4v) is 4.68. The molecule has 0 amide bonds. The van der Waals surface area contributed by atoms with Gasteiger partial charge in [-0.2, -0.15) is 4.31 Å². The number of aliphatic hydroxyl groups excluding tert-OH is 1. The van der Waals surface area contributed by atoms with E-state index in [1.807, 2.05) is 31.2 Å². The van der Waals surface area contributed by atoms with Gasteiger partial charge in [-0.05, 0) is 36.3 Å². The van der Waals surface area contributed by atoms with E-state index >= 15 is 0 Å². The van der Waals surface area contributed by atoms with Crippen molar-refractivity contribution in [1.29, 1.82) is 0 Å². The van der Waals surface area contributed by atoms with Crippen molar-refractivity contribution in [2.24, 2.45) is 4.99 Å². The number of nitrogens with one attached hydrogen (secondary N) is 2. The van der Waals surface area contributed by atoms with Crippen LogP contribution in [0.25, 0.3) is 0 Å². The molecule has 0 aliphatic carbocycles. The second-order valence-corrected chi connectivity index (χ2v) is 10.6. The molecule has 2 atom stereocenters. The molecule has 1 aliphatic heterocycles. The van der Waals surface area contributed by atoms with Crippen LogP contribution in [0.5, 0.6) is 0 Å². The minimum atomic E-state index is -3.19. The fourth-order valence-electron chi connectivity index (χ4n) is 3.49. The Morgan fingerprint density at radius 3 is 2.43 bits per heavy atom. The number of benzene rings is 1. The topological polar surface area (TPSA) is 94.0 Å². The largest absolute Gasteiger partial charge is 0.386 e. The summed E-state index contributed by atoms with van der Waals surface area (Å²) in [6, 6.07) is 7.92. The third-order valence-corrected chi connectivity index (χ3v) is 6.51. The van der Waals surface area contributed by atoms with Gasteiger partial charge in [0.25, 0.3) is 0 Å². The number of aliphatic imine (C=N–C) groups is 1. The zero-order chi connectivity index (χ0) is 21.7. The molecule has 1 fully saturated rings. The molecule has 1 unspecified atom stereocenters. The molecule has 0 saturated carbocycles. The summed E-state index contributed by atoms with van der Waals surface area (Å²) in [4.78, 5) is 4.49. The van der Waals surface area contributed by atoms with Crippen molar-refractivity contribution in [1.82, 2.24) is 14.9 Å². The lowest BCUT2D eigenvalue weighted by Gasteiger charge is -2.23. The number of guanidine groups is 1. The highest BCUT2D eigenvalue weighted by Crippen LogP contribution is 2.24. The first-order valence-corrected chi connectivity index (χ1v) is 12.1. The average molecular weight is 553 g/mol. The van der Waals surface area contributed by atoms with Crippen LogP contribution < -0.4 is 10.6 Å². The van der Waals surface area contributed by atoms with Crippen molar-refractivity contribution in [3.63, 3.8) is 0 Å². The number of sulfonamides is 1. The smallest absolute Gasteiger partial charge is 0.211 e. The van der Waals surface area contributed by atoms with Gasteiger partial charge in [-0.3, -0.25) is 4.99 Å². The molecule has 1 saturated heterocycles. The van der Waals surface area contributed by atoms with Crippen LogP contribution in [-0.4, -0.2) is 62.3 Å². The first kappa shape index (κ1) is 27.1. The van der Waals surface area contributed by atoms with E-state index in [1.54, 1.807) is 4.31 Å². The summed E-state index contributed by atoms with van der Waals surface area (Å²) in [7, 11) is -3.19. The van der Waals surface area contributed by atoms with Gasteiger partial charge in [0.2, 0.25) is 10.0 Å². The molecule has 0 spiro atoms. The summed E-state index contributed by atoms with van der Waals surface area (Å²) < 4.78 is 25.3. The zero-order valence-corrected chi connectivity index (χ0v) is 21.8. The normalized spacial score (nSPS) is 19.3. The van der Waals surface area contributed by atoms with Crippen LogP contribution in [0.1, 0.15) is 57.8 Å².